The number of hydrogen-bond donors (Lipinski definition) is 0. The Morgan fingerprint density at radius 2 is 1.13 bits per heavy atom. The van der Waals surface area contributed by atoms with E-state index in [0.29, 0.717) is 11.8 Å². The number of rotatable bonds is 4. The van der Waals surface area contributed by atoms with Crippen molar-refractivity contribution in [3.05, 3.63) is 22.5 Å². The zero-order valence-electron chi connectivity index (χ0n) is 12.6. The van der Waals surface area contributed by atoms with Crippen LogP contribution in [-0.2, 0) is 0 Å². The molecule has 0 amide bonds. The van der Waals surface area contributed by atoms with E-state index in [4.69, 9.17) is 32.7 Å². The quantitative estimate of drug-likeness (QED) is 0.762. The molecule has 2 aromatic heterocycles. The molecule has 0 radical (unpaired) electrons. The first kappa shape index (κ1) is 18.9. The number of ether oxygens (including phenoxy) is 4. The van der Waals surface area contributed by atoms with Gasteiger partial charge in [0.25, 0.3) is 11.8 Å². The monoisotopic (exact) mass is 366 g/mol. The van der Waals surface area contributed by atoms with Gasteiger partial charge in [0, 0.05) is 0 Å². The van der Waals surface area contributed by atoms with E-state index in [1.165, 1.54) is 28.4 Å². The SMILES string of the molecule is COc1cc(OC)nc(Cl)n1.COc1nc(Cl)nc(OC)c1F. The third-order valence-electron chi connectivity index (χ3n) is 2.22. The van der Waals surface area contributed by atoms with Crippen molar-refractivity contribution >= 4 is 23.2 Å². The molecule has 126 valence electrons. The first-order chi connectivity index (χ1) is 10.9. The topological polar surface area (TPSA) is 88.5 Å². The van der Waals surface area contributed by atoms with Gasteiger partial charge in [0.2, 0.25) is 28.1 Å². The van der Waals surface area contributed by atoms with E-state index < -0.39 is 5.82 Å². The Balaban J connectivity index is 0.000000231. The molecule has 0 aliphatic carbocycles. The van der Waals surface area contributed by atoms with Crippen LogP contribution in [0.15, 0.2) is 6.07 Å². The molecule has 0 aliphatic heterocycles. The van der Waals surface area contributed by atoms with Gasteiger partial charge in [-0.05, 0) is 23.2 Å². The standard InChI is InChI=1S/C6H6ClFN2O2.C6H7ClN2O2/c1-11-4-3(8)5(12-2)10-6(7)9-4;1-10-4-3-5(11-2)9-6(7)8-4/h1-2H3;3H,1-2H3. The van der Waals surface area contributed by atoms with Gasteiger partial charge < -0.3 is 18.9 Å². The lowest BCUT2D eigenvalue weighted by molar-refractivity contribution is 0.327. The van der Waals surface area contributed by atoms with E-state index in [1.54, 1.807) is 6.07 Å². The Hall–Kier alpha value is -2.13. The highest BCUT2D eigenvalue weighted by molar-refractivity contribution is 6.28. The molecular formula is C12H13Cl2FN4O4. The van der Waals surface area contributed by atoms with Crippen molar-refractivity contribution < 1.29 is 23.3 Å². The van der Waals surface area contributed by atoms with Gasteiger partial charge in [-0.1, -0.05) is 0 Å². The van der Waals surface area contributed by atoms with E-state index in [-0.39, 0.29) is 22.3 Å². The summed E-state index contributed by atoms with van der Waals surface area (Å²) in [6.45, 7) is 0. The van der Waals surface area contributed by atoms with Crippen LogP contribution < -0.4 is 18.9 Å². The maximum absolute atomic E-state index is 13.0. The molecule has 0 unspecified atom stereocenters. The van der Waals surface area contributed by atoms with Crippen LogP contribution in [0, 0.1) is 5.82 Å². The summed E-state index contributed by atoms with van der Waals surface area (Å²) in [5.74, 6) is -0.438. The van der Waals surface area contributed by atoms with Gasteiger partial charge in [-0.25, -0.2) is 0 Å². The zero-order chi connectivity index (χ0) is 17.4. The summed E-state index contributed by atoms with van der Waals surface area (Å²) in [7, 11) is 5.55. The second-order valence-corrected chi connectivity index (χ2v) is 4.22. The average molecular weight is 367 g/mol. The second-order valence-electron chi connectivity index (χ2n) is 3.55. The van der Waals surface area contributed by atoms with Gasteiger partial charge in [0.05, 0.1) is 34.5 Å². The summed E-state index contributed by atoms with van der Waals surface area (Å²) in [6, 6.07) is 1.55. The Labute approximate surface area is 141 Å². The Bertz CT molecular complexity index is 616. The molecule has 2 heterocycles. The maximum atomic E-state index is 13.0. The van der Waals surface area contributed by atoms with Crippen LogP contribution in [0.25, 0.3) is 0 Å². The first-order valence-electron chi connectivity index (χ1n) is 5.88. The second kappa shape index (κ2) is 9.11. The Morgan fingerprint density at radius 3 is 1.48 bits per heavy atom. The fourth-order valence-electron chi connectivity index (χ4n) is 1.24. The molecule has 0 aliphatic rings. The molecule has 0 aromatic carbocycles. The number of methoxy groups -OCH3 is 4. The number of nitrogens with zero attached hydrogens (tertiary/aromatic N) is 4. The molecule has 0 fully saturated rings. The molecule has 0 spiro atoms. The third-order valence-corrected chi connectivity index (χ3v) is 2.56. The summed E-state index contributed by atoms with van der Waals surface area (Å²) in [4.78, 5) is 14.5. The van der Waals surface area contributed by atoms with E-state index >= 15 is 0 Å². The number of hydrogen-bond acceptors (Lipinski definition) is 8. The van der Waals surface area contributed by atoms with Crippen LogP contribution in [0.4, 0.5) is 4.39 Å². The highest BCUT2D eigenvalue weighted by atomic mass is 35.5. The lowest BCUT2D eigenvalue weighted by Crippen LogP contribution is -1.99. The highest BCUT2D eigenvalue weighted by Crippen LogP contribution is 2.23. The fraction of sp³-hybridized carbons (Fsp3) is 0.333. The van der Waals surface area contributed by atoms with Crippen molar-refractivity contribution in [2.75, 3.05) is 28.4 Å². The smallest absolute Gasteiger partial charge is 0.258 e. The molecule has 8 nitrogen and oxygen atoms in total. The predicted octanol–water partition coefficient (Wildman–Crippen LogP) is 2.43. The van der Waals surface area contributed by atoms with Crippen LogP contribution in [-0.4, -0.2) is 48.4 Å². The van der Waals surface area contributed by atoms with Crippen molar-refractivity contribution in [2.45, 2.75) is 0 Å². The van der Waals surface area contributed by atoms with Gasteiger partial charge in [-0.15, -0.1) is 0 Å². The Kier molecular flexibility index (Phi) is 7.49. The highest BCUT2D eigenvalue weighted by Gasteiger charge is 2.14. The largest absolute Gasteiger partial charge is 0.481 e. The molecule has 0 N–H and O–H groups in total. The Morgan fingerprint density at radius 1 is 0.739 bits per heavy atom. The van der Waals surface area contributed by atoms with E-state index in [1.807, 2.05) is 0 Å². The minimum absolute atomic E-state index is 0.112. The van der Waals surface area contributed by atoms with Crippen LogP contribution in [0.5, 0.6) is 23.5 Å². The molecule has 0 atom stereocenters. The summed E-state index contributed by atoms with van der Waals surface area (Å²) in [5, 5.41) is -0.00806. The van der Waals surface area contributed by atoms with Gasteiger partial charge in [-0.2, -0.15) is 24.3 Å². The van der Waals surface area contributed by atoms with E-state index in [0.717, 1.165) is 0 Å². The lowest BCUT2D eigenvalue weighted by atomic mass is 10.5. The van der Waals surface area contributed by atoms with Crippen molar-refractivity contribution in [3.8, 4) is 23.5 Å². The van der Waals surface area contributed by atoms with Crippen molar-refractivity contribution in [2.24, 2.45) is 0 Å². The minimum Gasteiger partial charge on any atom is -0.481 e. The molecule has 11 heteroatoms. The van der Waals surface area contributed by atoms with Crippen LogP contribution >= 0.6 is 23.2 Å². The van der Waals surface area contributed by atoms with E-state index in [2.05, 4.69) is 29.4 Å². The number of halogens is 3. The zero-order valence-corrected chi connectivity index (χ0v) is 14.1. The molecule has 0 bridgehead atoms. The maximum Gasteiger partial charge on any atom is 0.258 e. The van der Waals surface area contributed by atoms with Crippen LogP contribution in [0.2, 0.25) is 10.6 Å². The van der Waals surface area contributed by atoms with Gasteiger partial charge in [-0.3, -0.25) is 0 Å². The summed E-state index contributed by atoms with van der Waals surface area (Å²) < 4.78 is 31.8. The minimum atomic E-state index is -0.760. The van der Waals surface area contributed by atoms with Crippen molar-refractivity contribution in [1.82, 2.24) is 19.9 Å². The van der Waals surface area contributed by atoms with Crippen molar-refractivity contribution in [3.63, 3.8) is 0 Å². The summed E-state index contributed by atoms with van der Waals surface area (Å²) >= 11 is 11.0. The average Bonchev–Trinajstić information content (AvgIpc) is 2.56. The van der Waals surface area contributed by atoms with E-state index in [9.17, 15) is 4.39 Å². The van der Waals surface area contributed by atoms with Crippen LogP contribution in [0.3, 0.4) is 0 Å². The first-order valence-corrected chi connectivity index (χ1v) is 6.64. The molecule has 0 saturated heterocycles. The molecule has 23 heavy (non-hydrogen) atoms. The number of aromatic nitrogens is 4. The lowest BCUT2D eigenvalue weighted by Gasteiger charge is -2.03. The molecular weight excluding hydrogens is 354 g/mol. The fourth-order valence-corrected chi connectivity index (χ4v) is 1.56. The predicted molar refractivity (Wildman–Crippen MR) is 80.3 cm³/mol. The van der Waals surface area contributed by atoms with Gasteiger partial charge in [0.1, 0.15) is 0 Å². The van der Waals surface area contributed by atoms with Gasteiger partial charge in [0.15, 0.2) is 0 Å². The summed E-state index contributed by atoms with van der Waals surface area (Å²) in [6.07, 6.45) is 0. The van der Waals surface area contributed by atoms with Gasteiger partial charge >= 0.3 is 0 Å². The normalized spacial score (nSPS) is 9.52. The molecule has 0 saturated carbocycles. The van der Waals surface area contributed by atoms with Crippen molar-refractivity contribution in [1.29, 1.82) is 0 Å². The molecule has 2 aromatic rings. The molecule has 2 rings (SSSR count). The summed E-state index contributed by atoms with van der Waals surface area (Å²) in [5.41, 5.74) is 0. The third kappa shape index (κ3) is 5.53. The van der Waals surface area contributed by atoms with Crippen LogP contribution in [0.1, 0.15) is 0 Å².